The number of carbonyl (C=O) groups is 3. The Morgan fingerprint density at radius 2 is 1.75 bits per heavy atom. The van der Waals surface area contributed by atoms with Crippen LogP contribution in [0.25, 0.3) is 0 Å². The van der Waals surface area contributed by atoms with Gasteiger partial charge in [-0.15, -0.1) is 0 Å². The number of nitrogens with zero attached hydrogens (tertiary/aromatic N) is 1. The molecule has 0 aliphatic carbocycles. The molecule has 0 unspecified atom stereocenters. The first-order valence-corrected chi connectivity index (χ1v) is 8.98. The van der Waals surface area contributed by atoms with Crippen LogP contribution >= 0.6 is 11.6 Å². The molecule has 2 aliphatic heterocycles. The predicted octanol–water partition coefficient (Wildman–Crippen LogP) is 1.68. The monoisotopic (exact) mass is 401 g/mol. The van der Waals surface area contributed by atoms with Crippen LogP contribution in [0.3, 0.4) is 0 Å². The first-order valence-electron chi connectivity index (χ1n) is 8.61. The molecule has 0 bridgehead atoms. The van der Waals surface area contributed by atoms with E-state index in [1.54, 1.807) is 42.5 Å². The summed E-state index contributed by atoms with van der Waals surface area (Å²) >= 11 is 5.80. The third-order valence-electron chi connectivity index (χ3n) is 4.40. The van der Waals surface area contributed by atoms with Crippen molar-refractivity contribution in [2.24, 2.45) is 0 Å². The number of hydrogen-bond acceptors (Lipinski definition) is 6. The maximum atomic E-state index is 12.7. The van der Waals surface area contributed by atoms with Crippen LogP contribution in [-0.2, 0) is 9.59 Å². The van der Waals surface area contributed by atoms with Crippen LogP contribution < -0.4 is 25.2 Å². The highest BCUT2D eigenvalue weighted by molar-refractivity contribution is 6.30. The van der Waals surface area contributed by atoms with Gasteiger partial charge in [-0.25, -0.2) is 10.3 Å². The second-order valence-corrected chi connectivity index (χ2v) is 6.69. The molecule has 0 spiro atoms. The van der Waals surface area contributed by atoms with E-state index in [4.69, 9.17) is 21.1 Å². The standard InChI is InChI=1S/C19H16ClN3O5/c20-12-3-1-11(2-4-12)18(25)22-21-14-10-17(24)23(19(14)26)13-5-6-15-16(9-13)28-8-7-27-15/h1-6,9,14,21H,7-8,10H2,(H,22,25)/t14-/m0/s1. The molecule has 2 aliphatic rings. The van der Waals surface area contributed by atoms with E-state index in [1.807, 2.05) is 0 Å². The van der Waals surface area contributed by atoms with Gasteiger partial charge in [0.05, 0.1) is 12.1 Å². The number of benzene rings is 2. The summed E-state index contributed by atoms with van der Waals surface area (Å²) in [5, 5.41) is 0.510. The van der Waals surface area contributed by atoms with Gasteiger partial charge in [-0.05, 0) is 36.4 Å². The summed E-state index contributed by atoms with van der Waals surface area (Å²) in [7, 11) is 0. The number of carbonyl (C=O) groups excluding carboxylic acids is 3. The molecule has 8 nitrogen and oxygen atoms in total. The Labute approximate surface area is 165 Å². The van der Waals surface area contributed by atoms with Crippen molar-refractivity contribution in [2.45, 2.75) is 12.5 Å². The van der Waals surface area contributed by atoms with Crippen LogP contribution in [0.1, 0.15) is 16.8 Å². The van der Waals surface area contributed by atoms with Crippen LogP contribution in [0.5, 0.6) is 11.5 Å². The lowest BCUT2D eigenvalue weighted by molar-refractivity contribution is -0.121. The van der Waals surface area contributed by atoms with Gasteiger partial charge >= 0.3 is 0 Å². The number of anilines is 1. The van der Waals surface area contributed by atoms with Crippen molar-refractivity contribution in [3.8, 4) is 11.5 Å². The molecular weight excluding hydrogens is 386 g/mol. The maximum absolute atomic E-state index is 12.7. The molecule has 4 rings (SSSR count). The number of nitrogens with one attached hydrogen (secondary N) is 2. The van der Waals surface area contributed by atoms with Crippen molar-refractivity contribution < 1.29 is 23.9 Å². The minimum atomic E-state index is -0.864. The van der Waals surface area contributed by atoms with Crippen molar-refractivity contribution >= 4 is 35.0 Å². The molecule has 1 saturated heterocycles. The van der Waals surface area contributed by atoms with E-state index in [0.717, 1.165) is 4.90 Å². The zero-order valence-electron chi connectivity index (χ0n) is 14.6. The Kier molecular flexibility index (Phi) is 4.89. The summed E-state index contributed by atoms with van der Waals surface area (Å²) in [6.07, 6.45) is -0.0752. The Morgan fingerprint density at radius 1 is 1.04 bits per heavy atom. The fraction of sp³-hybridized carbons (Fsp3) is 0.211. The van der Waals surface area contributed by atoms with E-state index in [-0.39, 0.29) is 12.3 Å². The van der Waals surface area contributed by atoms with Crippen LogP contribution in [0.4, 0.5) is 5.69 Å². The fourth-order valence-electron chi connectivity index (χ4n) is 3.01. The van der Waals surface area contributed by atoms with Gasteiger partial charge in [0.25, 0.3) is 11.8 Å². The van der Waals surface area contributed by atoms with Gasteiger partial charge in [0.1, 0.15) is 19.3 Å². The molecule has 28 heavy (non-hydrogen) atoms. The number of imide groups is 1. The molecule has 144 valence electrons. The zero-order chi connectivity index (χ0) is 19.7. The molecule has 9 heteroatoms. The Balaban J connectivity index is 1.44. The van der Waals surface area contributed by atoms with Crippen molar-refractivity contribution in [2.75, 3.05) is 18.1 Å². The highest BCUT2D eigenvalue weighted by atomic mass is 35.5. The van der Waals surface area contributed by atoms with E-state index >= 15 is 0 Å². The SMILES string of the molecule is O=C(NN[C@H]1CC(=O)N(c2ccc3c(c2)OCCO3)C1=O)c1ccc(Cl)cc1. The van der Waals surface area contributed by atoms with E-state index in [9.17, 15) is 14.4 Å². The first kappa shape index (κ1) is 18.3. The third-order valence-corrected chi connectivity index (χ3v) is 4.65. The zero-order valence-corrected chi connectivity index (χ0v) is 15.4. The average molecular weight is 402 g/mol. The van der Waals surface area contributed by atoms with Gasteiger partial charge in [0.15, 0.2) is 11.5 Å². The van der Waals surface area contributed by atoms with E-state index in [2.05, 4.69) is 10.9 Å². The lowest BCUT2D eigenvalue weighted by Gasteiger charge is -2.21. The number of ether oxygens (including phenoxy) is 2. The van der Waals surface area contributed by atoms with E-state index in [1.165, 1.54) is 0 Å². The predicted molar refractivity (Wildman–Crippen MR) is 100 cm³/mol. The van der Waals surface area contributed by atoms with Gasteiger partial charge in [0.2, 0.25) is 5.91 Å². The Morgan fingerprint density at radius 3 is 2.50 bits per heavy atom. The number of amides is 3. The van der Waals surface area contributed by atoms with Gasteiger partial charge in [0, 0.05) is 16.7 Å². The van der Waals surface area contributed by atoms with Crippen molar-refractivity contribution in [3.05, 3.63) is 53.1 Å². The summed E-state index contributed by atoms with van der Waals surface area (Å²) in [4.78, 5) is 38.3. The molecule has 1 atom stereocenters. The lowest BCUT2D eigenvalue weighted by Crippen LogP contribution is -2.48. The largest absolute Gasteiger partial charge is 0.486 e. The Bertz CT molecular complexity index is 947. The molecule has 1 fully saturated rings. The highest BCUT2D eigenvalue weighted by Gasteiger charge is 2.40. The van der Waals surface area contributed by atoms with Gasteiger partial charge in [-0.3, -0.25) is 19.8 Å². The van der Waals surface area contributed by atoms with E-state index < -0.39 is 17.9 Å². The molecule has 0 aromatic heterocycles. The fourth-order valence-corrected chi connectivity index (χ4v) is 3.14. The van der Waals surface area contributed by atoms with E-state index in [0.29, 0.717) is 41.0 Å². The number of hydrazine groups is 1. The average Bonchev–Trinajstić information content (AvgIpc) is 2.99. The number of hydrogen-bond donors (Lipinski definition) is 2. The highest BCUT2D eigenvalue weighted by Crippen LogP contribution is 2.35. The minimum absolute atomic E-state index is 0.0752. The van der Waals surface area contributed by atoms with Crippen molar-refractivity contribution in [1.82, 2.24) is 10.9 Å². The van der Waals surface area contributed by atoms with Crippen LogP contribution in [-0.4, -0.2) is 37.0 Å². The summed E-state index contributed by atoms with van der Waals surface area (Å²) in [6.45, 7) is 0.854. The molecule has 3 amide bonds. The quantitative estimate of drug-likeness (QED) is 0.597. The molecule has 2 aromatic rings. The second-order valence-electron chi connectivity index (χ2n) is 6.26. The summed E-state index contributed by atoms with van der Waals surface area (Å²) in [6, 6.07) is 10.3. The normalized spacial score (nSPS) is 18.3. The lowest BCUT2D eigenvalue weighted by atomic mass is 10.2. The second kappa shape index (κ2) is 7.49. The molecule has 0 saturated carbocycles. The van der Waals surface area contributed by atoms with Crippen LogP contribution in [0, 0.1) is 0 Å². The minimum Gasteiger partial charge on any atom is -0.486 e. The van der Waals surface area contributed by atoms with Gasteiger partial charge < -0.3 is 9.47 Å². The molecule has 2 heterocycles. The topological polar surface area (TPSA) is 97.0 Å². The number of halogens is 1. The summed E-state index contributed by atoms with van der Waals surface area (Å²) in [5.74, 6) is -0.219. The van der Waals surface area contributed by atoms with Crippen LogP contribution in [0.2, 0.25) is 5.02 Å². The van der Waals surface area contributed by atoms with Crippen molar-refractivity contribution in [3.63, 3.8) is 0 Å². The van der Waals surface area contributed by atoms with Gasteiger partial charge in [-0.1, -0.05) is 11.6 Å². The number of fused-ring (bicyclic) bond motifs is 1. The number of rotatable bonds is 4. The smallest absolute Gasteiger partial charge is 0.265 e. The molecule has 0 radical (unpaired) electrons. The molecular formula is C19H16ClN3O5. The first-order chi connectivity index (χ1) is 13.5. The maximum Gasteiger partial charge on any atom is 0.265 e. The summed E-state index contributed by atoms with van der Waals surface area (Å²) in [5.41, 5.74) is 5.86. The Hall–Kier alpha value is -3.10. The molecule has 2 N–H and O–H groups in total. The van der Waals surface area contributed by atoms with Crippen LogP contribution in [0.15, 0.2) is 42.5 Å². The third kappa shape index (κ3) is 3.51. The van der Waals surface area contributed by atoms with Gasteiger partial charge in [-0.2, -0.15) is 0 Å². The molecule has 2 aromatic carbocycles. The summed E-state index contributed by atoms with van der Waals surface area (Å²) < 4.78 is 10.9. The van der Waals surface area contributed by atoms with Crippen molar-refractivity contribution in [1.29, 1.82) is 0 Å².